The van der Waals surface area contributed by atoms with Gasteiger partial charge in [0.25, 0.3) is 5.69 Å². The minimum Gasteiger partial charge on any atom is -0.497 e. The monoisotopic (exact) mass is 267 g/mol. The highest BCUT2D eigenvalue weighted by molar-refractivity contribution is 5.65. The highest BCUT2D eigenvalue weighted by Gasteiger charge is 2.22. The molecule has 0 radical (unpaired) electrons. The van der Waals surface area contributed by atoms with Crippen molar-refractivity contribution in [1.29, 1.82) is 0 Å². The van der Waals surface area contributed by atoms with E-state index in [0.29, 0.717) is 18.0 Å². The molecule has 0 saturated heterocycles. The van der Waals surface area contributed by atoms with Crippen LogP contribution in [0.5, 0.6) is 5.75 Å². The van der Waals surface area contributed by atoms with Gasteiger partial charge in [-0.25, -0.2) is 5.01 Å². The normalized spacial score (nSPS) is 10.6. The van der Waals surface area contributed by atoms with Gasteiger partial charge in [0.05, 0.1) is 12.0 Å². The first-order chi connectivity index (χ1) is 9.08. The molecular formula is C13H21N3O3. The van der Waals surface area contributed by atoms with Crippen LogP contribution in [0.2, 0.25) is 0 Å². The van der Waals surface area contributed by atoms with E-state index in [2.05, 4.69) is 5.01 Å². The van der Waals surface area contributed by atoms with E-state index in [0.717, 1.165) is 13.1 Å². The maximum absolute atomic E-state index is 11.2. The molecule has 0 N–H and O–H groups in total. The molecule has 6 heteroatoms. The number of benzene rings is 1. The summed E-state index contributed by atoms with van der Waals surface area (Å²) in [6, 6.07) is 4.80. The van der Waals surface area contributed by atoms with Gasteiger partial charge in [0.1, 0.15) is 11.4 Å². The molecule has 106 valence electrons. The molecule has 0 spiro atoms. The fourth-order valence-electron chi connectivity index (χ4n) is 2.08. The Balaban J connectivity index is 3.29. The van der Waals surface area contributed by atoms with Gasteiger partial charge in [-0.2, -0.15) is 0 Å². The van der Waals surface area contributed by atoms with Crippen molar-refractivity contribution < 1.29 is 9.66 Å². The molecule has 1 aromatic rings. The molecular weight excluding hydrogens is 246 g/mol. The molecule has 0 fully saturated rings. The van der Waals surface area contributed by atoms with Crippen molar-refractivity contribution in [3.8, 4) is 5.75 Å². The van der Waals surface area contributed by atoms with Gasteiger partial charge in [0, 0.05) is 31.8 Å². The smallest absolute Gasteiger partial charge is 0.294 e. The molecule has 0 unspecified atom stereocenters. The average Bonchev–Trinajstić information content (AvgIpc) is 2.43. The topological polar surface area (TPSA) is 58.8 Å². The van der Waals surface area contributed by atoms with Gasteiger partial charge >= 0.3 is 0 Å². The molecule has 0 saturated carbocycles. The second-order valence-electron chi connectivity index (χ2n) is 3.97. The zero-order valence-electron chi connectivity index (χ0n) is 11.9. The molecule has 0 atom stereocenters. The quantitative estimate of drug-likeness (QED) is 0.561. The van der Waals surface area contributed by atoms with Gasteiger partial charge < -0.3 is 4.74 Å². The Kier molecular flexibility index (Phi) is 5.57. The molecule has 0 heterocycles. The third-order valence-electron chi connectivity index (χ3n) is 3.03. The number of nitro groups is 1. The van der Waals surface area contributed by atoms with E-state index in [1.54, 1.807) is 19.2 Å². The summed E-state index contributed by atoms with van der Waals surface area (Å²) in [5.74, 6) is 0.617. The van der Waals surface area contributed by atoms with E-state index in [4.69, 9.17) is 4.74 Å². The van der Waals surface area contributed by atoms with Crippen molar-refractivity contribution in [3.63, 3.8) is 0 Å². The van der Waals surface area contributed by atoms with Crippen LogP contribution in [0.1, 0.15) is 20.8 Å². The fourth-order valence-corrected chi connectivity index (χ4v) is 2.08. The minimum atomic E-state index is -0.360. The number of rotatable bonds is 7. The van der Waals surface area contributed by atoms with Crippen molar-refractivity contribution in [3.05, 3.63) is 28.3 Å². The van der Waals surface area contributed by atoms with Crippen LogP contribution < -0.4 is 9.75 Å². The summed E-state index contributed by atoms with van der Waals surface area (Å²) in [5, 5.41) is 15.1. The Morgan fingerprint density at radius 1 is 1.21 bits per heavy atom. The number of hydrogen-bond acceptors (Lipinski definition) is 5. The molecule has 19 heavy (non-hydrogen) atoms. The zero-order chi connectivity index (χ0) is 14.4. The molecule has 0 bridgehead atoms. The van der Waals surface area contributed by atoms with Crippen LogP contribution in [-0.2, 0) is 0 Å². The average molecular weight is 267 g/mol. The van der Waals surface area contributed by atoms with Crippen LogP contribution in [0.3, 0.4) is 0 Å². The lowest BCUT2D eigenvalue weighted by atomic mass is 10.2. The van der Waals surface area contributed by atoms with E-state index >= 15 is 0 Å². The first kappa shape index (κ1) is 15.2. The molecule has 0 aromatic heterocycles. The lowest BCUT2D eigenvalue weighted by Crippen LogP contribution is -2.42. The second kappa shape index (κ2) is 6.94. The number of hydrazine groups is 1. The summed E-state index contributed by atoms with van der Waals surface area (Å²) in [6.07, 6.45) is 0. The first-order valence-corrected chi connectivity index (χ1v) is 6.43. The van der Waals surface area contributed by atoms with Gasteiger partial charge in [0.2, 0.25) is 0 Å². The number of nitro benzene ring substituents is 1. The Morgan fingerprint density at radius 3 is 2.26 bits per heavy atom. The van der Waals surface area contributed by atoms with Crippen molar-refractivity contribution in [2.45, 2.75) is 20.8 Å². The number of nitrogens with zero attached hydrogens (tertiary/aromatic N) is 3. The molecule has 0 aliphatic carbocycles. The van der Waals surface area contributed by atoms with Gasteiger partial charge in [-0.15, -0.1) is 0 Å². The van der Waals surface area contributed by atoms with Crippen LogP contribution in [0.25, 0.3) is 0 Å². The van der Waals surface area contributed by atoms with Crippen LogP contribution in [0.15, 0.2) is 18.2 Å². The molecule has 0 aliphatic heterocycles. The van der Waals surface area contributed by atoms with Crippen LogP contribution in [0.4, 0.5) is 11.4 Å². The highest BCUT2D eigenvalue weighted by Crippen LogP contribution is 2.32. The fraction of sp³-hybridized carbons (Fsp3) is 0.538. The summed E-state index contributed by atoms with van der Waals surface area (Å²) in [4.78, 5) is 10.8. The number of hydrogen-bond donors (Lipinski definition) is 0. The lowest BCUT2D eigenvalue weighted by Gasteiger charge is -2.34. The van der Waals surface area contributed by atoms with E-state index < -0.39 is 0 Å². The van der Waals surface area contributed by atoms with Crippen molar-refractivity contribution in [2.75, 3.05) is 31.8 Å². The molecule has 1 rings (SSSR count). The summed E-state index contributed by atoms with van der Waals surface area (Å²) in [7, 11) is 1.55. The lowest BCUT2D eigenvalue weighted by molar-refractivity contribution is -0.384. The van der Waals surface area contributed by atoms with E-state index in [9.17, 15) is 10.1 Å². The minimum absolute atomic E-state index is 0.0922. The van der Waals surface area contributed by atoms with Crippen molar-refractivity contribution >= 4 is 11.4 Å². The maximum Gasteiger partial charge on any atom is 0.294 e. The summed E-state index contributed by atoms with van der Waals surface area (Å²) in [6.45, 7) is 8.27. The predicted octanol–water partition coefficient (Wildman–Crippen LogP) is 2.69. The zero-order valence-corrected chi connectivity index (χ0v) is 11.9. The Hall–Kier alpha value is -1.82. The predicted molar refractivity (Wildman–Crippen MR) is 75.6 cm³/mol. The first-order valence-electron chi connectivity index (χ1n) is 6.43. The Labute approximate surface area is 113 Å². The van der Waals surface area contributed by atoms with Gasteiger partial charge in [-0.3, -0.25) is 15.1 Å². The standard InChI is InChI=1S/C13H21N3O3/c1-5-14(6-2)15(7-3)13-10-11(19-4)8-9-12(13)16(17)18/h8-10H,5-7H2,1-4H3. The number of methoxy groups -OCH3 is 1. The third kappa shape index (κ3) is 3.35. The molecule has 0 aliphatic rings. The third-order valence-corrected chi connectivity index (χ3v) is 3.03. The highest BCUT2D eigenvalue weighted by atomic mass is 16.6. The summed E-state index contributed by atoms with van der Waals surface area (Å²) < 4.78 is 5.16. The second-order valence-corrected chi connectivity index (χ2v) is 3.97. The van der Waals surface area contributed by atoms with Crippen LogP contribution in [-0.4, -0.2) is 36.7 Å². The molecule has 1 aromatic carbocycles. The summed E-state index contributed by atoms with van der Waals surface area (Å²) in [5.41, 5.74) is 0.658. The molecule has 0 amide bonds. The van der Waals surface area contributed by atoms with Crippen molar-refractivity contribution in [2.24, 2.45) is 0 Å². The van der Waals surface area contributed by atoms with Crippen LogP contribution in [0, 0.1) is 10.1 Å². The van der Waals surface area contributed by atoms with Crippen molar-refractivity contribution in [1.82, 2.24) is 5.01 Å². The van der Waals surface area contributed by atoms with Gasteiger partial charge in [-0.05, 0) is 13.0 Å². The summed E-state index contributed by atoms with van der Waals surface area (Å²) >= 11 is 0. The van der Waals surface area contributed by atoms with Gasteiger partial charge in [-0.1, -0.05) is 13.8 Å². The number of anilines is 1. The molecule has 6 nitrogen and oxygen atoms in total. The Bertz CT molecular complexity index is 433. The maximum atomic E-state index is 11.2. The number of ether oxygens (including phenoxy) is 1. The van der Waals surface area contributed by atoms with E-state index in [1.807, 2.05) is 25.8 Å². The largest absolute Gasteiger partial charge is 0.497 e. The van der Waals surface area contributed by atoms with E-state index in [1.165, 1.54) is 6.07 Å². The Morgan fingerprint density at radius 2 is 1.84 bits per heavy atom. The SMILES string of the molecule is CCN(CC)N(CC)c1cc(OC)ccc1[N+](=O)[O-]. The van der Waals surface area contributed by atoms with E-state index in [-0.39, 0.29) is 10.6 Å². The van der Waals surface area contributed by atoms with Gasteiger partial charge in [0.15, 0.2) is 0 Å². The van der Waals surface area contributed by atoms with Crippen LogP contribution >= 0.6 is 0 Å².